The Morgan fingerprint density at radius 1 is 0.762 bits per heavy atom. The average molecular weight is 293 g/mol. The Balaban J connectivity index is 2.27. The molecule has 0 nitrogen and oxygen atoms in total. The van der Waals surface area contributed by atoms with E-state index in [9.17, 15) is 0 Å². The summed E-state index contributed by atoms with van der Waals surface area (Å²) in [7, 11) is 0. The minimum absolute atomic E-state index is 0.438. The molecule has 0 saturated heterocycles. The van der Waals surface area contributed by atoms with Crippen LogP contribution in [0.4, 0.5) is 0 Å². The Morgan fingerprint density at radius 3 is 1.67 bits per heavy atom. The SMILES string of the molecule is CC[C@@H](C1CCCCC1)[C@](C)(C1CCCCC1)C(C)(C)C. The molecule has 2 saturated carbocycles. The highest BCUT2D eigenvalue weighted by atomic mass is 14.5. The van der Waals surface area contributed by atoms with Crippen molar-refractivity contribution in [1.82, 2.24) is 0 Å². The lowest BCUT2D eigenvalue weighted by atomic mass is 9.49. The smallest absolute Gasteiger partial charge is 0.0218 e. The van der Waals surface area contributed by atoms with Crippen molar-refractivity contribution < 1.29 is 0 Å². The van der Waals surface area contributed by atoms with Crippen molar-refractivity contribution in [3.05, 3.63) is 0 Å². The zero-order valence-corrected chi connectivity index (χ0v) is 15.5. The van der Waals surface area contributed by atoms with Crippen LogP contribution in [-0.2, 0) is 0 Å². The normalized spacial score (nSPS) is 27.3. The van der Waals surface area contributed by atoms with Crippen LogP contribution in [0.25, 0.3) is 0 Å². The maximum atomic E-state index is 2.69. The first kappa shape index (κ1) is 17.4. The van der Waals surface area contributed by atoms with Gasteiger partial charge < -0.3 is 0 Å². The molecule has 0 spiro atoms. The van der Waals surface area contributed by atoms with Crippen LogP contribution in [-0.4, -0.2) is 0 Å². The Morgan fingerprint density at radius 2 is 1.24 bits per heavy atom. The van der Waals surface area contributed by atoms with E-state index in [1.54, 1.807) is 0 Å². The fourth-order valence-electron chi connectivity index (χ4n) is 5.96. The van der Waals surface area contributed by atoms with Gasteiger partial charge in [0.15, 0.2) is 0 Å². The van der Waals surface area contributed by atoms with Gasteiger partial charge in [-0.25, -0.2) is 0 Å². The Bertz CT molecular complexity index is 298. The Labute approximate surface area is 134 Å². The zero-order chi connectivity index (χ0) is 15.5. The zero-order valence-electron chi connectivity index (χ0n) is 15.5. The van der Waals surface area contributed by atoms with Crippen molar-refractivity contribution in [2.24, 2.45) is 28.6 Å². The van der Waals surface area contributed by atoms with Gasteiger partial charge in [-0.2, -0.15) is 0 Å². The molecular formula is C21H40. The quantitative estimate of drug-likeness (QED) is 0.513. The van der Waals surface area contributed by atoms with E-state index in [0.717, 1.165) is 17.8 Å². The van der Waals surface area contributed by atoms with Gasteiger partial charge in [0.25, 0.3) is 0 Å². The first-order valence-electron chi connectivity index (χ1n) is 9.91. The number of rotatable bonds is 4. The summed E-state index contributed by atoms with van der Waals surface area (Å²) in [6.45, 7) is 12.8. The first-order chi connectivity index (χ1) is 9.91. The molecule has 0 aliphatic heterocycles. The van der Waals surface area contributed by atoms with Crippen molar-refractivity contribution in [2.45, 2.75) is 105 Å². The van der Waals surface area contributed by atoms with E-state index in [-0.39, 0.29) is 0 Å². The predicted molar refractivity (Wildman–Crippen MR) is 94.5 cm³/mol. The fraction of sp³-hybridized carbons (Fsp3) is 1.00. The van der Waals surface area contributed by atoms with Gasteiger partial charge in [0.1, 0.15) is 0 Å². The highest BCUT2D eigenvalue weighted by Crippen LogP contribution is 2.58. The van der Waals surface area contributed by atoms with Crippen molar-refractivity contribution in [1.29, 1.82) is 0 Å². The molecule has 0 heterocycles. The minimum Gasteiger partial charge on any atom is -0.0651 e. The van der Waals surface area contributed by atoms with Gasteiger partial charge in [-0.05, 0) is 41.4 Å². The molecule has 0 unspecified atom stereocenters. The molecule has 0 aromatic heterocycles. The third-order valence-corrected chi connectivity index (χ3v) is 7.50. The summed E-state index contributed by atoms with van der Waals surface area (Å²) < 4.78 is 0. The van der Waals surface area contributed by atoms with Crippen LogP contribution >= 0.6 is 0 Å². The molecule has 0 heteroatoms. The summed E-state index contributed by atoms with van der Waals surface area (Å²) in [5.41, 5.74) is 0.970. The number of hydrogen-bond donors (Lipinski definition) is 0. The van der Waals surface area contributed by atoms with Crippen LogP contribution in [0.1, 0.15) is 105 Å². The van der Waals surface area contributed by atoms with Crippen LogP contribution in [0.3, 0.4) is 0 Å². The summed E-state index contributed by atoms with van der Waals surface area (Å²) in [5.74, 6) is 2.92. The molecule has 124 valence electrons. The van der Waals surface area contributed by atoms with Crippen molar-refractivity contribution in [3.8, 4) is 0 Å². The van der Waals surface area contributed by atoms with Crippen LogP contribution in [0, 0.1) is 28.6 Å². The Kier molecular flexibility index (Phi) is 5.83. The van der Waals surface area contributed by atoms with Gasteiger partial charge in [-0.15, -0.1) is 0 Å². The molecule has 2 rings (SSSR count). The van der Waals surface area contributed by atoms with Crippen LogP contribution in [0.15, 0.2) is 0 Å². The molecule has 2 aliphatic rings. The molecule has 0 radical (unpaired) electrons. The number of hydrogen-bond acceptors (Lipinski definition) is 0. The minimum atomic E-state index is 0.438. The molecule has 0 aromatic carbocycles. The summed E-state index contributed by atoms with van der Waals surface area (Å²) in [4.78, 5) is 0. The highest BCUT2D eigenvalue weighted by Gasteiger charge is 2.50. The van der Waals surface area contributed by atoms with E-state index < -0.39 is 0 Å². The maximum Gasteiger partial charge on any atom is -0.0218 e. The second-order valence-electron chi connectivity index (χ2n) is 9.28. The summed E-state index contributed by atoms with van der Waals surface area (Å²) in [6, 6.07) is 0. The standard InChI is InChI=1S/C21H40/c1-6-19(17-13-9-7-10-14-17)21(5,20(2,3)4)18-15-11-8-12-16-18/h17-19H,6-16H2,1-5H3/t19-,21-/m0/s1. The third-order valence-electron chi connectivity index (χ3n) is 7.50. The average Bonchev–Trinajstić information content (AvgIpc) is 2.48. The molecule has 2 aliphatic carbocycles. The van der Waals surface area contributed by atoms with Gasteiger partial charge in [0, 0.05) is 0 Å². The lowest BCUT2D eigenvalue weighted by Crippen LogP contribution is -2.49. The van der Waals surface area contributed by atoms with E-state index in [4.69, 9.17) is 0 Å². The second kappa shape index (κ2) is 7.05. The van der Waals surface area contributed by atoms with E-state index in [0.29, 0.717) is 10.8 Å². The third kappa shape index (κ3) is 3.50. The van der Waals surface area contributed by atoms with Crippen molar-refractivity contribution in [3.63, 3.8) is 0 Å². The van der Waals surface area contributed by atoms with Crippen LogP contribution in [0.2, 0.25) is 0 Å². The van der Waals surface area contributed by atoms with Gasteiger partial charge >= 0.3 is 0 Å². The first-order valence-corrected chi connectivity index (χ1v) is 9.91. The van der Waals surface area contributed by atoms with Gasteiger partial charge in [0.05, 0.1) is 0 Å². The fourth-order valence-corrected chi connectivity index (χ4v) is 5.96. The van der Waals surface area contributed by atoms with Crippen molar-refractivity contribution >= 4 is 0 Å². The molecule has 2 atom stereocenters. The van der Waals surface area contributed by atoms with E-state index in [1.807, 2.05) is 0 Å². The van der Waals surface area contributed by atoms with Gasteiger partial charge in [0.2, 0.25) is 0 Å². The lowest BCUT2D eigenvalue weighted by molar-refractivity contribution is -0.0734. The molecule has 21 heavy (non-hydrogen) atoms. The van der Waals surface area contributed by atoms with Gasteiger partial charge in [-0.1, -0.05) is 92.4 Å². The summed E-state index contributed by atoms with van der Waals surface area (Å²) in [5, 5.41) is 0. The second-order valence-corrected chi connectivity index (χ2v) is 9.28. The van der Waals surface area contributed by atoms with E-state index >= 15 is 0 Å². The van der Waals surface area contributed by atoms with Gasteiger partial charge in [-0.3, -0.25) is 0 Å². The summed E-state index contributed by atoms with van der Waals surface area (Å²) in [6.07, 6.45) is 16.3. The molecule has 0 bridgehead atoms. The van der Waals surface area contributed by atoms with Crippen LogP contribution < -0.4 is 0 Å². The largest absolute Gasteiger partial charge is 0.0651 e. The monoisotopic (exact) mass is 292 g/mol. The topological polar surface area (TPSA) is 0 Å². The summed E-state index contributed by atoms with van der Waals surface area (Å²) >= 11 is 0. The highest BCUT2D eigenvalue weighted by molar-refractivity contribution is 4.99. The molecule has 0 aromatic rings. The van der Waals surface area contributed by atoms with E-state index in [2.05, 4.69) is 34.6 Å². The van der Waals surface area contributed by atoms with Crippen molar-refractivity contribution in [2.75, 3.05) is 0 Å². The predicted octanol–water partition coefficient (Wildman–Crippen LogP) is 7.23. The van der Waals surface area contributed by atoms with Crippen LogP contribution in [0.5, 0.6) is 0 Å². The molecule has 0 N–H and O–H groups in total. The molecule has 2 fully saturated rings. The van der Waals surface area contributed by atoms with E-state index in [1.165, 1.54) is 70.6 Å². The lowest BCUT2D eigenvalue weighted by Gasteiger charge is -2.56. The molecular weight excluding hydrogens is 252 g/mol. The Hall–Kier alpha value is 0. The molecule has 0 amide bonds. The maximum absolute atomic E-state index is 2.69.